The molecule has 1 aliphatic rings. The third-order valence-corrected chi connectivity index (χ3v) is 16.3. The number of hydrogen-bond donors (Lipinski definition) is 0. The van der Waals surface area contributed by atoms with Gasteiger partial charge in [0.25, 0.3) is 0 Å². The van der Waals surface area contributed by atoms with Gasteiger partial charge in [-0.1, -0.05) is 11.8 Å². The summed E-state index contributed by atoms with van der Waals surface area (Å²) in [6.45, 7) is 37.9. The normalized spacial score (nSPS) is 17.7. The summed E-state index contributed by atoms with van der Waals surface area (Å²) in [4.78, 5) is 13.4. The lowest BCUT2D eigenvalue weighted by Crippen LogP contribution is -2.48. The summed E-state index contributed by atoms with van der Waals surface area (Å²) in [6.07, 6.45) is -1.89. The van der Waals surface area contributed by atoms with Crippen LogP contribution in [0.5, 0.6) is 0 Å². The maximum atomic E-state index is 13.4. The summed E-state index contributed by atoms with van der Waals surface area (Å²) >= 11 is 6.90. The van der Waals surface area contributed by atoms with E-state index < -0.39 is 14.7 Å². The van der Waals surface area contributed by atoms with Crippen molar-refractivity contribution in [1.29, 1.82) is 0 Å². The van der Waals surface area contributed by atoms with Crippen LogP contribution in [0.3, 0.4) is 0 Å². The molecule has 1 atom stereocenters. The summed E-state index contributed by atoms with van der Waals surface area (Å²) in [6, 6.07) is 1.94. The van der Waals surface area contributed by atoms with Gasteiger partial charge in [-0.05, 0) is 118 Å². The number of ketones is 1. The van der Waals surface area contributed by atoms with E-state index >= 15 is 0 Å². The molecule has 0 amide bonds. The molecule has 0 saturated carbocycles. The van der Waals surface area contributed by atoms with E-state index in [1.807, 2.05) is 0 Å². The van der Waals surface area contributed by atoms with Crippen molar-refractivity contribution < 1.29 is 4.79 Å². The Morgan fingerprint density at radius 2 is 1.03 bits per heavy atom. The van der Waals surface area contributed by atoms with Crippen molar-refractivity contribution in [1.82, 2.24) is 23.5 Å². The van der Waals surface area contributed by atoms with E-state index in [9.17, 15) is 4.79 Å². The van der Waals surface area contributed by atoms with Gasteiger partial charge in [-0.25, -0.2) is 14.1 Å². The second-order valence-electron chi connectivity index (χ2n) is 13.2. The highest BCUT2D eigenvalue weighted by Crippen LogP contribution is 2.64. The number of carbonyl (C=O) groups excluding carboxylic acids is 1. The van der Waals surface area contributed by atoms with Crippen LogP contribution >= 0.6 is 14.7 Å². The molecule has 0 saturated heterocycles. The van der Waals surface area contributed by atoms with Gasteiger partial charge in [-0.3, -0.25) is 14.1 Å². The highest BCUT2D eigenvalue weighted by molar-refractivity contribution is 8.20. The molecule has 0 aromatic rings. The summed E-state index contributed by atoms with van der Waals surface area (Å²) in [7, 11) is -1.07. The number of Topliss-reactive ketones (excluding diaryl/α,β-unsaturated/α-hetero) is 1. The molecule has 7 nitrogen and oxygen atoms in total. The number of nitrogens with zero attached hydrogens (tertiary/aromatic N) is 6. The average Bonchev–Trinajstić information content (AvgIpc) is 3.16. The monoisotopic (exact) mass is 604 g/mol. The molecule has 1 unspecified atom stereocenters. The van der Waals surface area contributed by atoms with Crippen molar-refractivity contribution >= 4 is 37.8 Å². The first-order valence-electron chi connectivity index (χ1n) is 15.1. The first kappa shape index (κ1) is 37.1. The predicted molar refractivity (Wildman–Crippen MR) is 178 cm³/mol. The molecule has 1 rings (SSSR count). The molecule has 0 aliphatic carbocycles. The van der Waals surface area contributed by atoms with Crippen LogP contribution in [0.1, 0.15) is 124 Å². The lowest BCUT2D eigenvalue weighted by molar-refractivity contribution is -0.120. The van der Waals surface area contributed by atoms with Crippen LogP contribution in [-0.2, 0) is 16.6 Å². The average molecular weight is 605 g/mol. The first-order valence-corrected chi connectivity index (χ1v) is 19.1. The Bertz CT molecular complexity index is 798. The third kappa shape index (κ3) is 8.12. The Labute approximate surface area is 249 Å². The Morgan fingerprint density at radius 1 is 0.718 bits per heavy atom. The molecular formula is C29H62N6OP2S. The zero-order valence-electron chi connectivity index (χ0n) is 28.3. The van der Waals surface area contributed by atoms with Gasteiger partial charge >= 0.3 is 0 Å². The van der Waals surface area contributed by atoms with Crippen molar-refractivity contribution in [2.24, 2.45) is 5.10 Å². The van der Waals surface area contributed by atoms with Gasteiger partial charge in [0, 0.05) is 54.8 Å². The maximum Gasteiger partial charge on any atom is 0.167 e. The van der Waals surface area contributed by atoms with Crippen LogP contribution in [0.4, 0.5) is 0 Å². The number of carbonyl (C=O) groups is 1. The summed E-state index contributed by atoms with van der Waals surface area (Å²) in [5.74, 6) is 0.170. The lowest BCUT2D eigenvalue weighted by atomic mass is 10.2. The number of hydrogen-bond acceptors (Lipinski definition) is 6. The molecule has 0 radical (unpaired) electrons. The molecule has 0 spiro atoms. The predicted octanol–water partition coefficient (Wildman–Crippen LogP) is 7.97. The van der Waals surface area contributed by atoms with Crippen LogP contribution < -0.4 is 0 Å². The Hall–Kier alpha value is 0.0600. The fraction of sp³-hybridized carbons (Fsp3) is 0.931. The lowest BCUT2D eigenvalue weighted by Gasteiger charge is -2.50. The standard InChI is InChI=1S/C29H62N6OP2S/c1-19(2)31(20(3)4)37(32(21(5)6)22(7)8)35-28(27(17)36)18-29(30-35)38(39,33(23(9)10)24(11)12)34(25(13)14)26(15)16/h19-26,28H,18H2,1-17H3. The molecule has 0 fully saturated rings. The van der Waals surface area contributed by atoms with Crippen LogP contribution in [0.2, 0.25) is 0 Å². The summed E-state index contributed by atoms with van der Waals surface area (Å²) in [5, 5.41) is 5.54. The Balaban J connectivity index is 4.13. The molecule has 1 aliphatic heterocycles. The van der Waals surface area contributed by atoms with Gasteiger partial charge in [-0.15, -0.1) is 0 Å². The second kappa shape index (κ2) is 15.0. The van der Waals surface area contributed by atoms with Gasteiger partial charge in [0.05, 0.1) is 0 Å². The smallest absolute Gasteiger partial charge is 0.167 e. The molecule has 230 valence electrons. The van der Waals surface area contributed by atoms with Crippen LogP contribution in [-0.4, -0.2) is 89.1 Å². The quantitative estimate of drug-likeness (QED) is 0.176. The van der Waals surface area contributed by atoms with Crippen molar-refractivity contribution in [2.45, 2.75) is 179 Å². The number of hydrazone groups is 1. The minimum atomic E-state index is -2.49. The topological polar surface area (TPSA) is 45.6 Å². The maximum absolute atomic E-state index is 13.4. The van der Waals surface area contributed by atoms with Crippen molar-refractivity contribution in [3.8, 4) is 0 Å². The Kier molecular flexibility index (Phi) is 14.3. The SMILES string of the molecule is CC(=O)C1CC(P(=S)(N(C(C)C)C(C)C)N(C(C)C)C(C)C)=NN1P(N(C(C)C)C(C)C)N(C(C)C)C(C)C. The number of rotatable bonds is 15. The fourth-order valence-corrected chi connectivity index (χ4v) is 15.9. The minimum Gasteiger partial charge on any atom is -0.298 e. The van der Waals surface area contributed by atoms with Gasteiger partial charge in [0.1, 0.15) is 17.8 Å². The van der Waals surface area contributed by atoms with E-state index in [2.05, 4.69) is 134 Å². The largest absolute Gasteiger partial charge is 0.298 e. The van der Waals surface area contributed by atoms with Crippen molar-refractivity contribution in [2.75, 3.05) is 0 Å². The highest BCUT2D eigenvalue weighted by Gasteiger charge is 2.50. The van der Waals surface area contributed by atoms with Crippen molar-refractivity contribution in [3.05, 3.63) is 0 Å². The summed E-state index contributed by atoms with van der Waals surface area (Å²) < 4.78 is 12.4. The minimum absolute atomic E-state index is 0.170. The van der Waals surface area contributed by atoms with E-state index in [0.29, 0.717) is 30.6 Å². The van der Waals surface area contributed by atoms with E-state index in [1.165, 1.54) is 0 Å². The van der Waals surface area contributed by atoms with Gasteiger partial charge < -0.3 is 0 Å². The van der Waals surface area contributed by atoms with Crippen LogP contribution in [0.15, 0.2) is 5.10 Å². The molecule has 0 aromatic carbocycles. The molecule has 0 bridgehead atoms. The van der Waals surface area contributed by atoms with E-state index in [1.54, 1.807) is 6.92 Å². The first-order chi connectivity index (χ1) is 17.7. The molecule has 1 heterocycles. The molecule has 0 N–H and O–H groups in total. The van der Waals surface area contributed by atoms with Gasteiger partial charge in [0.15, 0.2) is 14.2 Å². The van der Waals surface area contributed by atoms with Crippen LogP contribution in [0.25, 0.3) is 0 Å². The second-order valence-corrected chi connectivity index (χ2v) is 19.2. The van der Waals surface area contributed by atoms with Gasteiger partial charge in [0.2, 0.25) is 0 Å². The molecular weight excluding hydrogens is 542 g/mol. The molecule has 0 aromatic heterocycles. The Morgan fingerprint density at radius 3 is 1.26 bits per heavy atom. The van der Waals surface area contributed by atoms with Crippen LogP contribution in [0, 0.1) is 0 Å². The molecule has 10 heteroatoms. The zero-order valence-corrected chi connectivity index (χ0v) is 30.9. The molecule has 39 heavy (non-hydrogen) atoms. The third-order valence-electron chi connectivity index (χ3n) is 7.13. The highest BCUT2D eigenvalue weighted by atomic mass is 32.4. The van der Waals surface area contributed by atoms with Gasteiger partial charge in [-0.2, -0.15) is 5.10 Å². The fourth-order valence-electron chi connectivity index (χ4n) is 6.31. The zero-order chi connectivity index (χ0) is 30.7. The summed E-state index contributed by atoms with van der Waals surface area (Å²) in [5.41, 5.74) is 1.04. The van der Waals surface area contributed by atoms with E-state index in [4.69, 9.17) is 16.9 Å². The van der Waals surface area contributed by atoms with E-state index in [0.717, 1.165) is 5.45 Å². The van der Waals surface area contributed by atoms with Crippen molar-refractivity contribution in [3.63, 3.8) is 0 Å². The van der Waals surface area contributed by atoms with E-state index in [-0.39, 0.29) is 36.0 Å².